The van der Waals surface area contributed by atoms with Gasteiger partial charge in [-0.15, -0.1) is 11.3 Å². The summed E-state index contributed by atoms with van der Waals surface area (Å²) < 4.78 is 0.877. The first kappa shape index (κ1) is 8.39. The van der Waals surface area contributed by atoms with Gasteiger partial charge >= 0.3 is 0 Å². The molecule has 1 unspecified atom stereocenters. The van der Waals surface area contributed by atoms with E-state index in [1.165, 1.54) is 12.8 Å². The summed E-state index contributed by atoms with van der Waals surface area (Å²) in [5.74, 6) is 0.876. The molecule has 0 spiro atoms. The van der Waals surface area contributed by atoms with Crippen molar-refractivity contribution in [3.63, 3.8) is 0 Å². The molecule has 1 aliphatic rings. The fourth-order valence-corrected chi connectivity index (χ4v) is 2.20. The fourth-order valence-electron chi connectivity index (χ4n) is 1.36. The number of nitrogens with one attached hydrogen (secondary N) is 1. The summed E-state index contributed by atoms with van der Waals surface area (Å²) >= 11 is 7.55. The second-order valence-electron chi connectivity index (χ2n) is 3.38. The maximum absolute atomic E-state index is 5.96. The van der Waals surface area contributed by atoms with Gasteiger partial charge in [0.2, 0.25) is 0 Å². The minimum absolute atomic E-state index is 0.581. The van der Waals surface area contributed by atoms with Crippen LogP contribution in [0.3, 0.4) is 0 Å². The predicted octanol–water partition coefficient (Wildman–Crippen LogP) is 3.61. The molecule has 1 aliphatic carbocycles. The van der Waals surface area contributed by atoms with Gasteiger partial charge in [0.25, 0.3) is 0 Å². The zero-order valence-electron chi connectivity index (χ0n) is 7.01. The second kappa shape index (κ2) is 3.27. The predicted molar refractivity (Wildman–Crippen MR) is 55.1 cm³/mol. The SMILES string of the molecule is CC(Nc1ccsc1Cl)C1CC1. The number of hydrogen-bond acceptors (Lipinski definition) is 2. The molecule has 0 radical (unpaired) electrons. The first-order chi connectivity index (χ1) is 5.77. The summed E-state index contributed by atoms with van der Waals surface area (Å²) in [6, 6.07) is 2.63. The number of halogens is 1. The Balaban J connectivity index is 1.97. The van der Waals surface area contributed by atoms with Crippen molar-refractivity contribution < 1.29 is 0 Å². The molecule has 0 aromatic carbocycles. The second-order valence-corrected chi connectivity index (χ2v) is 4.90. The lowest BCUT2D eigenvalue weighted by atomic mass is 10.2. The Labute approximate surface area is 81.7 Å². The lowest BCUT2D eigenvalue weighted by Crippen LogP contribution is -2.16. The monoisotopic (exact) mass is 201 g/mol. The van der Waals surface area contributed by atoms with Gasteiger partial charge in [0.05, 0.1) is 5.69 Å². The van der Waals surface area contributed by atoms with Crippen LogP contribution < -0.4 is 5.32 Å². The van der Waals surface area contributed by atoms with Crippen LogP contribution in [-0.2, 0) is 0 Å². The minimum atomic E-state index is 0.581. The number of anilines is 1. The van der Waals surface area contributed by atoms with Crippen molar-refractivity contribution in [3.8, 4) is 0 Å². The normalized spacial score (nSPS) is 19.2. The Kier molecular flexibility index (Phi) is 2.28. The van der Waals surface area contributed by atoms with Crippen molar-refractivity contribution in [1.29, 1.82) is 0 Å². The van der Waals surface area contributed by atoms with Gasteiger partial charge in [-0.1, -0.05) is 11.6 Å². The quantitative estimate of drug-likeness (QED) is 0.788. The molecular weight excluding hydrogens is 190 g/mol. The van der Waals surface area contributed by atoms with E-state index in [-0.39, 0.29) is 0 Å². The summed E-state index contributed by atoms with van der Waals surface area (Å²) in [7, 11) is 0. The molecule has 0 aliphatic heterocycles. The van der Waals surface area contributed by atoms with Gasteiger partial charge in [0.15, 0.2) is 0 Å². The van der Waals surface area contributed by atoms with E-state index in [1.807, 2.05) is 11.4 Å². The number of hydrogen-bond donors (Lipinski definition) is 1. The number of rotatable bonds is 3. The molecule has 3 heteroatoms. The minimum Gasteiger partial charge on any atom is -0.380 e. The van der Waals surface area contributed by atoms with Crippen molar-refractivity contribution >= 4 is 28.6 Å². The topological polar surface area (TPSA) is 12.0 Å². The van der Waals surface area contributed by atoms with Crippen LogP contribution in [0.4, 0.5) is 5.69 Å². The third-order valence-electron chi connectivity index (χ3n) is 2.33. The van der Waals surface area contributed by atoms with Crippen molar-refractivity contribution in [3.05, 3.63) is 15.8 Å². The van der Waals surface area contributed by atoms with Gasteiger partial charge in [0.1, 0.15) is 4.34 Å². The molecule has 66 valence electrons. The Morgan fingerprint density at radius 1 is 1.67 bits per heavy atom. The fraction of sp³-hybridized carbons (Fsp3) is 0.556. The van der Waals surface area contributed by atoms with Crippen LogP contribution in [0.5, 0.6) is 0 Å². The van der Waals surface area contributed by atoms with Crippen molar-refractivity contribution in [2.24, 2.45) is 5.92 Å². The highest BCUT2D eigenvalue weighted by molar-refractivity contribution is 7.15. The molecule has 0 saturated heterocycles. The molecule has 1 heterocycles. The first-order valence-corrected chi connectivity index (χ1v) is 5.52. The van der Waals surface area contributed by atoms with E-state index in [9.17, 15) is 0 Å². The highest BCUT2D eigenvalue weighted by Gasteiger charge is 2.28. The Morgan fingerprint density at radius 2 is 2.42 bits per heavy atom. The molecule has 12 heavy (non-hydrogen) atoms. The van der Waals surface area contributed by atoms with Crippen LogP contribution in [0.25, 0.3) is 0 Å². The van der Waals surface area contributed by atoms with E-state index in [0.717, 1.165) is 15.9 Å². The maximum atomic E-state index is 5.96. The van der Waals surface area contributed by atoms with Gasteiger partial charge in [-0.2, -0.15) is 0 Å². The smallest absolute Gasteiger partial charge is 0.116 e. The Bertz CT molecular complexity index is 267. The van der Waals surface area contributed by atoms with Gasteiger partial charge in [-0.3, -0.25) is 0 Å². The van der Waals surface area contributed by atoms with Crippen molar-refractivity contribution in [1.82, 2.24) is 0 Å². The zero-order chi connectivity index (χ0) is 8.55. The van der Waals surface area contributed by atoms with E-state index in [4.69, 9.17) is 11.6 Å². The third kappa shape index (κ3) is 1.75. The molecule has 1 N–H and O–H groups in total. The molecule has 1 nitrogen and oxygen atoms in total. The maximum Gasteiger partial charge on any atom is 0.116 e. The Morgan fingerprint density at radius 3 is 2.92 bits per heavy atom. The highest BCUT2D eigenvalue weighted by atomic mass is 35.5. The molecule has 1 aromatic heterocycles. The van der Waals surface area contributed by atoms with Gasteiger partial charge in [-0.25, -0.2) is 0 Å². The summed E-state index contributed by atoms with van der Waals surface area (Å²) in [6.07, 6.45) is 2.74. The molecule has 1 saturated carbocycles. The molecule has 0 bridgehead atoms. The van der Waals surface area contributed by atoms with Gasteiger partial charge in [0, 0.05) is 6.04 Å². The number of thiophene rings is 1. The van der Waals surface area contributed by atoms with Crippen LogP contribution in [0.1, 0.15) is 19.8 Å². The average Bonchev–Trinajstić information content (AvgIpc) is 2.80. The largest absolute Gasteiger partial charge is 0.380 e. The summed E-state index contributed by atoms with van der Waals surface area (Å²) in [4.78, 5) is 0. The lowest BCUT2D eigenvalue weighted by molar-refractivity contribution is 0.695. The first-order valence-electron chi connectivity index (χ1n) is 4.27. The van der Waals surface area contributed by atoms with Crippen LogP contribution in [0, 0.1) is 5.92 Å². The standard InChI is InChI=1S/C9H12ClNS/c1-6(7-2-3-7)11-8-4-5-12-9(8)10/h4-7,11H,2-3H2,1H3. The molecular formula is C9H12ClNS. The average molecular weight is 202 g/mol. The van der Waals surface area contributed by atoms with E-state index < -0.39 is 0 Å². The van der Waals surface area contributed by atoms with Crippen molar-refractivity contribution in [2.75, 3.05) is 5.32 Å². The third-order valence-corrected chi connectivity index (χ3v) is 3.50. The van der Waals surface area contributed by atoms with Gasteiger partial charge < -0.3 is 5.32 Å². The van der Waals surface area contributed by atoms with E-state index >= 15 is 0 Å². The highest BCUT2D eigenvalue weighted by Crippen LogP contribution is 2.36. The van der Waals surface area contributed by atoms with E-state index in [2.05, 4.69) is 12.2 Å². The molecule has 1 atom stereocenters. The van der Waals surface area contributed by atoms with E-state index in [1.54, 1.807) is 11.3 Å². The molecule has 1 aromatic rings. The summed E-state index contributed by atoms with van der Waals surface area (Å²) in [5.41, 5.74) is 1.10. The van der Waals surface area contributed by atoms with Crippen LogP contribution in [0.15, 0.2) is 11.4 Å². The Hall–Kier alpha value is -0.210. The van der Waals surface area contributed by atoms with Crippen LogP contribution >= 0.6 is 22.9 Å². The summed E-state index contributed by atoms with van der Waals surface area (Å²) in [6.45, 7) is 2.23. The van der Waals surface area contributed by atoms with E-state index in [0.29, 0.717) is 6.04 Å². The van der Waals surface area contributed by atoms with Crippen LogP contribution in [-0.4, -0.2) is 6.04 Å². The van der Waals surface area contributed by atoms with Gasteiger partial charge in [-0.05, 0) is 37.1 Å². The van der Waals surface area contributed by atoms with Crippen molar-refractivity contribution in [2.45, 2.75) is 25.8 Å². The van der Waals surface area contributed by atoms with Crippen LogP contribution in [0.2, 0.25) is 4.34 Å². The molecule has 2 rings (SSSR count). The summed E-state index contributed by atoms with van der Waals surface area (Å²) in [5, 5.41) is 5.45. The lowest BCUT2D eigenvalue weighted by Gasteiger charge is -2.12. The molecule has 1 fully saturated rings. The molecule has 0 amide bonds. The zero-order valence-corrected chi connectivity index (χ0v) is 8.58.